The Kier molecular flexibility index (Phi) is 3.73. The summed E-state index contributed by atoms with van der Waals surface area (Å²) in [7, 11) is 0. The SMILES string of the molecule is O=C(O)N1CCN(c2ccc(-c3ccccc3)cn2)CC1. The number of benzene rings is 1. The van der Waals surface area contributed by atoms with Crippen LogP contribution in [0.4, 0.5) is 10.6 Å². The van der Waals surface area contributed by atoms with E-state index < -0.39 is 6.09 Å². The smallest absolute Gasteiger partial charge is 0.407 e. The predicted octanol–water partition coefficient (Wildman–Crippen LogP) is 2.55. The molecule has 21 heavy (non-hydrogen) atoms. The molecule has 0 saturated carbocycles. The lowest BCUT2D eigenvalue weighted by Gasteiger charge is -2.33. The fourth-order valence-electron chi connectivity index (χ4n) is 2.50. The van der Waals surface area contributed by atoms with E-state index >= 15 is 0 Å². The van der Waals surface area contributed by atoms with Crippen molar-refractivity contribution >= 4 is 11.9 Å². The molecule has 1 fully saturated rings. The van der Waals surface area contributed by atoms with Gasteiger partial charge in [-0.1, -0.05) is 30.3 Å². The molecule has 1 N–H and O–H groups in total. The van der Waals surface area contributed by atoms with Gasteiger partial charge in [-0.05, 0) is 17.7 Å². The second-order valence-corrected chi connectivity index (χ2v) is 5.03. The maximum absolute atomic E-state index is 10.9. The van der Waals surface area contributed by atoms with Crippen molar-refractivity contribution in [2.45, 2.75) is 0 Å². The highest BCUT2D eigenvalue weighted by atomic mass is 16.4. The van der Waals surface area contributed by atoms with Gasteiger partial charge in [-0.2, -0.15) is 0 Å². The molecule has 0 atom stereocenters. The maximum atomic E-state index is 10.9. The van der Waals surface area contributed by atoms with Gasteiger partial charge in [-0.25, -0.2) is 9.78 Å². The Morgan fingerprint density at radius 1 is 0.952 bits per heavy atom. The largest absolute Gasteiger partial charge is 0.465 e. The second kappa shape index (κ2) is 5.83. The molecule has 0 spiro atoms. The van der Waals surface area contributed by atoms with E-state index in [0.717, 1.165) is 16.9 Å². The summed E-state index contributed by atoms with van der Waals surface area (Å²) >= 11 is 0. The predicted molar refractivity (Wildman–Crippen MR) is 81.5 cm³/mol. The van der Waals surface area contributed by atoms with Crippen molar-refractivity contribution in [3.8, 4) is 11.1 Å². The minimum absolute atomic E-state index is 0.525. The lowest BCUT2D eigenvalue weighted by atomic mass is 10.1. The molecule has 5 heteroatoms. The third-order valence-electron chi connectivity index (χ3n) is 3.73. The summed E-state index contributed by atoms with van der Waals surface area (Å²) in [6, 6.07) is 14.2. The van der Waals surface area contributed by atoms with E-state index in [2.05, 4.69) is 28.1 Å². The van der Waals surface area contributed by atoms with Crippen molar-refractivity contribution in [1.29, 1.82) is 0 Å². The van der Waals surface area contributed by atoms with Crippen LogP contribution in [0.1, 0.15) is 0 Å². The topological polar surface area (TPSA) is 56.7 Å². The van der Waals surface area contributed by atoms with Crippen LogP contribution in [0.15, 0.2) is 48.7 Å². The van der Waals surface area contributed by atoms with Crippen LogP contribution in [0.2, 0.25) is 0 Å². The molecule has 2 heterocycles. The molecule has 1 aliphatic heterocycles. The van der Waals surface area contributed by atoms with Crippen molar-refractivity contribution in [3.05, 3.63) is 48.7 Å². The first kappa shape index (κ1) is 13.4. The zero-order valence-corrected chi connectivity index (χ0v) is 11.6. The summed E-state index contributed by atoms with van der Waals surface area (Å²) in [5, 5.41) is 8.95. The molecule has 1 saturated heterocycles. The van der Waals surface area contributed by atoms with Gasteiger partial charge in [0.05, 0.1) is 0 Å². The van der Waals surface area contributed by atoms with Gasteiger partial charge in [0, 0.05) is 37.9 Å². The Morgan fingerprint density at radius 2 is 1.67 bits per heavy atom. The van der Waals surface area contributed by atoms with Gasteiger partial charge in [0.15, 0.2) is 0 Å². The first-order valence-corrected chi connectivity index (χ1v) is 6.98. The lowest BCUT2D eigenvalue weighted by molar-refractivity contribution is 0.142. The van der Waals surface area contributed by atoms with Crippen molar-refractivity contribution < 1.29 is 9.90 Å². The Labute approximate surface area is 123 Å². The van der Waals surface area contributed by atoms with Crippen LogP contribution < -0.4 is 4.90 Å². The van der Waals surface area contributed by atoms with E-state index in [1.54, 1.807) is 0 Å². The molecule has 1 aromatic carbocycles. The fraction of sp³-hybridized carbons (Fsp3) is 0.250. The highest BCUT2D eigenvalue weighted by Crippen LogP contribution is 2.21. The fourth-order valence-corrected chi connectivity index (χ4v) is 2.50. The normalized spacial score (nSPS) is 15.0. The number of hydrogen-bond donors (Lipinski definition) is 1. The lowest BCUT2D eigenvalue weighted by Crippen LogP contribution is -2.48. The van der Waals surface area contributed by atoms with Crippen molar-refractivity contribution in [3.63, 3.8) is 0 Å². The summed E-state index contributed by atoms with van der Waals surface area (Å²) in [6.07, 6.45) is 1.02. The van der Waals surface area contributed by atoms with Crippen LogP contribution in [0.5, 0.6) is 0 Å². The van der Waals surface area contributed by atoms with Crippen LogP contribution in [-0.2, 0) is 0 Å². The van der Waals surface area contributed by atoms with Crippen molar-refractivity contribution in [1.82, 2.24) is 9.88 Å². The van der Waals surface area contributed by atoms with Gasteiger partial charge in [0.25, 0.3) is 0 Å². The van der Waals surface area contributed by atoms with E-state index in [4.69, 9.17) is 5.11 Å². The standard InChI is InChI=1S/C16H17N3O2/c20-16(21)19-10-8-18(9-11-19)15-7-6-14(12-17-15)13-4-2-1-3-5-13/h1-7,12H,8-11H2,(H,20,21). The third-order valence-corrected chi connectivity index (χ3v) is 3.73. The monoisotopic (exact) mass is 283 g/mol. The highest BCUT2D eigenvalue weighted by Gasteiger charge is 2.20. The summed E-state index contributed by atoms with van der Waals surface area (Å²) in [5.41, 5.74) is 2.23. The van der Waals surface area contributed by atoms with E-state index in [1.807, 2.05) is 30.5 Å². The zero-order valence-electron chi connectivity index (χ0n) is 11.6. The van der Waals surface area contributed by atoms with E-state index in [-0.39, 0.29) is 0 Å². The van der Waals surface area contributed by atoms with Crippen LogP contribution in [0.25, 0.3) is 11.1 Å². The molecule has 1 amide bonds. The average molecular weight is 283 g/mol. The number of hydrogen-bond acceptors (Lipinski definition) is 3. The van der Waals surface area contributed by atoms with Gasteiger partial charge in [0.1, 0.15) is 5.82 Å². The quantitative estimate of drug-likeness (QED) is 0.920. The van der Waals surface area contributed by atoms with Crippen molar-refractivity contribution in [2.24, 2.45) is 0 Å². The van der Waals surface area contributed by atoms with Gasteiger partial charge in [-0.15, -0.1) is 0 Å². The summed E-state index contributed by atoms with van der Waals surface area (Å²) in [6.45, 7) is 2.42. The Morgan fingerprint density at radius 3 is 2.24 bits per heavy atom. The number of piperazine rings is 1. The Balaban J connectivity index is 1.69. The molecule has 1 aromatic heterocycles. The molecular weight excluding hydrogens is 266 g/mol. The first-order chi connectivity index (χ1) is 10.2. The second-order valence-electron chi connectivity index (χ2n) is 5.03. The Bertz CT molecular complexity index is 605. The molecular formula is C16H17N3O2. The highest BCUT2D eigenvalue weighted by molar-refractivity contribution is 5.66. The number of anilines is 1. The number of nitrogens with zero attached hydrogens (tertiary/aromatic N) is 3. The first-order valence-electron chi connectivity index (χ1n) is 6.98. The molecule has 0 bridgehead atoms. The van der Waals surface area contributed by atoms with Crippen LogP contribution in [-0.4, -0.2) is 47.3 Å². The van der Waals surface area contributed by atoms with Crippen molar-refractivity contribution in [2.75, 3.05) is 31.1 Å². The third kappa shape index (κ3) is 2.97. The van der Waals surface area contributed by atoms with E-state index in [9.17, 15) is 4.79 Å². The molecule has 108 valence electrons. The Hall–Kier alpha value is -2.56. The van der Waals surface area contributed by atoms with E-state index in [1.165, 1.54) is 4.90 Å². The number of amides is 1. The summed E-state index contributed by atoms with van der Waals surface area (Å²) in [5.74, 6) is 0.903. The number of rotatable bonds is 2. The van der Waals surface area contributed by atoms with Gasteiger partial charge < -0.3 is 14.9 Å². The molecule has 2 aromatic rings. The summed E-state index contributed by atoms with van der Waals surface area (Å²) < 4.78 is 0. The minimum atomic E-state index is -0.845. The van der Waals surface area contributed by atoms with Crippen LogP contribution in [0.3, 0.4) is 0 Å². The summed E-state index contributed by atoms with van der Waals surface area (Å²) in [4.78, 5) is 19.0. The number of aromatic nitrogens is 1. The van der Waals surface area contributed by atoms with Crippen LogP contribution in [0, 0.1) is 0 Å². The minimum Gasteiger partial charge on any atom is -0.465 e. The molecule has 5 nitrogen and oxygen atoms in total. The van der Waals surface area contributed by atoms with Gasteiger partial charge in [-0.3, -0.25) is 0 Å². The number of carboxylic acid groups (broad SMARTS) is 1. The molecule has 0 radical (unpaired) electrons. The molecule has 0 unspecified atom stereocenters. The number of pyridine rings is 1. The van der Waals surface area contributed by atoms with Gasteiger partial charge >= 0.3 is 6.09 Å². The van der Waals surface area contributed by atoms with Gasteiger partial charge in [0.2, 0.25) is 0 Å². The zero-order chi connectivity index (χ0) is 14.7. The average Bonchev–Trinajstić information content (AvgIpc) is 2.56. The number of carbonyl (C=O) groups is 1. The van der Waals surface area contributed by atoms with E-state index in [0.29, 0.717) is 26.2 Å². The molecule has 3 rings (SSSR count). The molecule has 1 aliphatic rings. The van der Waals surface area contributed by atoms with Crippen LogP contribution >= 0.6 is 0 Å². The molecule has 0 aliphatic carbocycles. The maximum Gasteiger partial charge on any atom is 0.407 e.